The zero-order valence-corrected chi connectivity index (χ0v) is 15.7. The summed E-state index contributed by atoms with van der Waals surface area (Å²) in [5, 5.41) is 3.82. The SMILES string of the molecule is CN(CCCNc1c(N)cc(Cl)cc1Br)C(=O)OC(C)(C)C. The van der Waals surface area contributed by atoms with Crippen LogP contribution in [0.2, 0.25) is 5.02 Å². The minimum absolute atomic E-state index is 0.320. The van der Waals surface area contributed by atoms with Gasteiger partial charge in [-0.1, -0.05) is 11.6 Å². The van der Waals surface area contributed by atoms with E-state index >= 15 is 0 Å². The second-order valence-electron chi connectivity index (χ2n) is 6.03. The molecule has 22 heavy (non-hydrogen) atoms. The Hall–Kier alpha value is -1.14. The van der Waals surface area contributed by atoms with Gasteiger partial charge >= 0.3 is 6.09 Å². The number of carbonyl (C=O) groups excluding carboxylic acids is 1. The van der Waals surface area contributed by atoms with Gasteiger partial charge in [0, 0.05) is 29.6 Å². The number of carbonyl (C=O) groups is 1. The Bertz CT molecular complexity index is 509. The van der Waals surface area contributed by atoms with E-state index in [1.807, 2.05) is 20.8 Å². The summed E-state index contributed by atoms with van der Waals surface area (Å²) in [4.78, 5) is 13.4. The van der Waals surface area contributed by atoms with Crippen molar-refractivity contribution in [2.45, 2.75) is 32.8 Å². The maximum Gasteiger partial charge on any atom is 0.410 e. The van der Waals surface area contributed by atoms with Gasteiger partial charge in [0.05, 0.1) is 11.4 Å². The molecular formula is C15H23BrClN3O2. The molecule has 1 aromatic rings. The van der Waals surface area contributed by atoms with Gasteiger partial charge in [-0.25, -0.2) is 4.79 Å². The quantitative estimate of drug-likeness (QED) is 0.577. The first-order chi connectivity index (χ1) is 10.1. The molecule has 0 aromatic heterocycles. The molecule has 1 rings (SSSR count). The van der Waals surface area contributed by atoms with Gasteiger partial charge in [-0.2, -0.15) is 0 Å². The lowest BCUT2D eigenvalue weighted by Gasteiger charge is -2.24. The van der Waals surface area contributed by atoms with Crippen LogP contribution in [0.4, 0.5) is 16.2 Å². The molecule has 0 saturated heterocycles. The van der Waals surface area contributed by atoms with Crippen molar-refractivity contribution in [1.82, 2.24) is 4.90 Å². The fraction of sp³-hybridized carbons (Fsp3) is 0.533. The second kappa shape index (κ2) is 7.92. The summed E-state index contributed by atoms with van der Waals surface area (Å²) in [6, 6.07) is 3.48. The number of halogens is 2. The Morgan fingerprint density at radius 3 is 2.64 bits per heavy atom. The first-order valence-electron chi connectivity index (χ1n) is 7.02. The largest absolute Gasteiger partial charge is 0.444 e. The van der Waals surface area contributed by atoms with E-state index in [1.165, 1.54) is 0 Å². The summed E-state index contributed by atoms with van der Waals surface area (Å²) in [7, 11) is 1.72. The molecule has 0 fully saturated rings. The topological polar surface area (TPSA) is 67.6 Å². The van der Waals surface area contributed by atoms with E-state index in [4.69, 9.17) is 22.1 Å². The van der Waals surface area contributed by atoms with Gasteiger partial charge in [0.1, 0.15) is 5.60 Å². The number of nitrogen functional groups attached to an aromatic ring is 1. The van der Waals surface area contributed by atoms with E-state index in [0.29, 0.717) is 23.8 Å². The minimum Gasteiger partial charge on any atom is -0.444 e. The normalized spacial score (nSPS) is 11.2. The van der Waals surface area contributed by atoms with Crippen LogP contribution in [0.1, 0.15) is 27.2 Å². The molecule has 1 aromatic carbocycles. The fourth-order valence-corrected chi connectivity index (χ4v) is 2.71. The van der Waals surface area contributed by atoms with Crippen molar-refractivity contribution in [3.63, 3.8) is 0 Å². The van der Waals surface area contributed by atoms with Crippen LogP contribution in [0.3, 0.4) is 0 Å². The number of hydrogen-bond acceptors (Lipinski definition) is 4. The third-order valence-corrected chi connectivity index (χ3v) is 3.61. The Labute approximate surface area is 145 Å². The Balaban J connectivity index is 2.41. The van der Waals surface area contributed by atoms with Crippen LogP contribution in [0, 0.1) is 0 Å². The molecule has 0 aliphatic carbocycles. The number of anilines is 2. The minimum atomic E-state index is -0.480. The van der Waals surface area contributed by atoms with E-state index in [1.54, 1.807) is 24.1 Å². The molecule has 0 unspecified atom stereocenters. The Kier molecular flexibility index (Phi) is 6.81. The van der Waals surface area contributed by atoms with Crippen LogP contribution in [0.5, 0.6) is 0 Å². The van der Waals surface area contributed by atoms with E-state index in [9.17, 15) is 4.79 Å². The van der Waals surface area contributed by atoms with Crippen molar-refractivity contribution in [3.8, 4) is 0 Å². The molecule has 3 N–H and O–H groups in total. The van der Waals surface area contributed by atoms with Crippen LogP contribution >= 0.6 is 27.5 Å². The van der Waals surface area contributed by atoms with Crippen molar-refractivity contribution in [3.05, 3.63) is 21.6 Å². The van der Waals surface area contributed by atoms with Crippen LogP contribution in [0.15, 0.2) is 16.6 Å². The van der Waals surface area contributed by atoms with Gasteiger partial charge in [0.15, 0.2) is 0 Å². The zero-order chi connectivity index (χ0) is 16.9. The number of rotatable bonds is 5. The lowest BCUT2D eigenvalue weighted by Crippen LogP contribution is -2.35. The van der Waals surface area contributed by atoms with Crippen molar-refractivity contribution in [1.29, 1.82) is 0 Å². The molecule has 7 heteroatoms. The predicted octanol–water partition coefficient (Wildman–Crippen LogP) is 4.35. The molecule has 0 saturated carbocycles. The predicted molar refractivity (Wildman–Crippen MR) is 95.5 cm³/mol. The first kappa shape index (κ1) is 18.9. The number of ether oxygens (including phenoxy) is 1. The van der Waals surface area contributed by atoms with Crippen LogP contribution in [0.25, 0.3) is 0 Å². The van der Waals surface area contributed by atoms with E-state index in [0.717, 1.165) is 16.6 Å². The maximum absolute atomic E-state index is 11.8. The molecule has 0 heterocycles. The van der Waals surface area contributed by atoms with Crippen molar-refractivity contribution >= 4 is 45.0 Å². The number of nitrogens with one attached hydrogen (secondary N) is 1. The number of nitrogens with two attached hydrogens (primary N) is 1. The van der Waals surface area contributed by atoms with Gasteiger partial charge < -0.3 is 20.7 Å². The van der Waals surface area contributed by atoms with Gasteiger partial charge in [0.2, 0.25) is 0 Å². The number of nitrogens with zero attached hydrogens (tertiary/aromatic N) is 1. The molecule has 0 aliphatic heterocycles. The average molecular weight is 393 g/mol. The monoisotopic (exact) mass is 391 g/mol. The highest BCUT2D eigenvalue weighted by molar-refractivity contribution is 9.10. The highest BCUT2D eigenvalue weighted by Gasteiger charge is 2.19. The molecule has 0 bridgehead atoms. The van der Waals surface area contributed by atoms with Crippen LogP contribution < -0.4 is 11.1 Å². The van der Waals surface area contributed by atoms with Crippen molar-refractivity contribution in [2.75, 3.05) is 31.2 Å². The van der Waals surface area contributed by atoms with Crippen LogP contribution in [-0.4, -0.2) is 36.7 Å². The summed E-state index contributed by atoms with van der Waals surface area (Å²) in [6.45, 7) is 6.81. The zero-order valence-electron chi connectivity index (χ0n) is 13.4. The highest BCUT2D eigenvalue weighted by Crippen LogP contribution is 2.32. The second-order valence-corrected chi connectivity index (χ2v) is 7.32. The van der Waals surface area contributed by atoms with Crippen molar-refractivity contribution < 1.29 is 9.53 Å². The standard InChI is InChI=1S/C15H23BrClN3O2/c1-15(2,3)22-14(21)20(4)7-5-6-19-13-11(16)8-10(17)9-12(13)18/h8-9,19H,5-7,18H2,1-4H3. The molecule has 0 aliphatic rings. The first-order valence-corrected chi connectivity index (χ1v) is 8.20. The summed E-state index contributed by atoms with van der Waals surface area (Å²) < 4.78 is 6.11. The molecule has 0 spiro atoms. The van der Waals surface area contributed by atoms with Gasteiger partial charge in [-0.3, -0.25) is 0 Å². The van der Waals surface area contributed by atoms with Gasteiger partial charge in [-0.15, -0.1) is 0 Å². The van der Waals surface area contributed by atoms with Gasteiger partial charge in [-0.05, 0) is 55.3 Å². The number of benzene rings is 1. The molecule has 5 nitrogen and oxygen atoms in total. The lowest BCUT2D eigenvalue weighted by atomic mass is 10.2. The summed E-state index contributed by atoms with van der Waals surface area (Å²) in [6.07, 6.45) is 0.448. The summed E-state index contributed by atoms with van der Waals surface area (Å²) in [5.41, 5.74) is 6.83. The molecular weight excluding hydrogens is 370 g/mol. The molecule has 1 amide bonds. The van der Waals surface area contributed by atoms with Crippen LogP contribution in [-0.2, 0) is 4.74 Å². The Morgan fingerprint density at radius 2 is 2.09 bits per heavy atom. The number of amides is 1. The third kappa shape index (κ3) is 6.32. The van der Waals surface area contributed by atoms with Gasteiger partial charge in [0.25, 0.3) is 0 Å². The van der Waals surface area contributed by atoms with E-state index in [-0.39, 0.29) is 6.09 Å². The van der Waals surface area contributed by atoms with E-state index < -0.39 is 5.60 Å². The highest BCUT2D eigenvalue weighted by atomic mass is 79.9. The maximum atomic E-state index is 11.8. The smallest absolute Gasteiger partial charge is 0.410 e. The number of hydrogen-bond donors (Lipinski definition) is 2. The van der Waals surface area contributed by atoms with E-state index in [2.05, 4.69) is 21.2 Å². The molecule has 0 atom stereocenters. The average Bonchev–Trinajstić information content (AvgIpc) is 2.34. The lowest BCUT2D eigenvalue weighted by molar-refractivity contribution is 0.0298. The molecule has 0 radical (unpaired) electrons. The fourth-order valence-electron chi connectivity index (χ4n) is 1.74. The molecule has 124 valence electrons. The third-order valence-electron chi connectivity index (χ3n) is 2.76. The van der Waals surface area contributed by atoms with Crippen molar-refractivity contribution in [2.24, 2.45) is 0 Å². The summed E-state index contributed by atoms with van der Waals surface area (Å²) in [5.74, 6) is 0. The Morgan fingerprint density at radius 1 is 1.45 bits per heavy atom. The summed E-state index contributed by atoms with van der Waals surface area (Å²) >= 11 is 9.34.